The fourth-order valence-electron chi connectivity index (χ4n) is 5.90. The summed E-state index contributed by atoms with van der Waals surface area (Å²) in [6.07, 6.45) is 9.68. The number of methoxy groups -OCH3 is 1. The number of likely N-dealkylation sites (tertiary alicyclic amines) is 1. The molecule has 0 radical (unpaired) electrons. The first-order valence-corrected chi connectivity index (χ1v) is 13.4. The lowest BCUT2D eigenvalue weighted by Gasteiger charge is -2.37. The molecule has 4 rings (SSSR count). The first-order chi connectivity index (χ1) is 15.5. The molecule has 1 aromatic carbocycles. The van der Waals surface area contributed by atoms with E-state index in [0.717, 1.165) is 63.1 Å². The van der Waals surface area contributed by atoms with Crippen molar-refractivity contribution in [3.63, 3.8) is 0 Å². The minimum Gasteiger partial charge on any atom is -0.496 e. The van der Waals surface area contributed by atoms with Crippen LogP contribution in [-0.2, 0) is 16.0 Å². The average Bonchev–Trinajstić information content (AvgIpc) is 3.23. The molecule has 176 valence electrons. The lowest BCUT2D eigenvalue weighted by molar-refractivity contribution is -0.153. The molecule has 1 aliphatic carbocycles. The third kappa shape index (κ3) is 5.17. The maximum atomic E-state index is 12.7. The van der Waals surface area contributed by atoms with Crippen molar-refractivity contribution in [1.82, 2.24) is 9.80 Å². The van der Waals surface area contributed by atoms with Crippen molar-refractivity contribution < 1.29 is 14.3 Å². The lowest BCUT2D eigenvalue weighted by atomic mass is 9.76. The summed E-state index contributed by atoms with van der Waals surface area (Å²) < 4.78 is 5.62. The van der Waals surface area contributed by atoms with Gasteiger partial charge in [0, 0.05) is 41.6 Å². The molecule has 5 nitrogen and oxygen atoms in total. The predicted octanol–water partition coefficient (Wildman–Crippen LogP) is 4.91. The van der Waals surface area contributed by atoms with Gasteiger partial charge < -0.3 is 4.74 Å². The van der Waals surface area contributed by atoms with Gasteiger partial charge in [-0.15, -0.1) is 11.8 Å². The second kappa shape index (κ2) is 10.6. The van der Waals surface area contributed by atoms with Crippen LogP contribution in [0.3, 0.4) is 0 Å². The number of piperidine rings is 1. The van der Waals surface area contributed by atoms with Crippen molar-refractivity contribution in [2.45, 2.75) is 82.1 Å². The number of hydrogen-bond acceptors (Lipinski definition) is 5. The highest BCUT2D eigenvalue weighted by Gasteiger charge is 2.44. The molecule has 2 aliphatic heterocycles. The fraction of sp³-hybridized carbons (Fsp3) is 0.692. The van der Waals surface area contributed by atoms with Crippen molar-refractivity contribution >= 4 is 23.6 Å². The van der Waals surface area contributed by atoms with E-state index in [4.69, 9.17) is 4.74 Å². The van der Waals surface area contributed by atoms with Gasteiger partial charge in [-0.05, 0) is 69.2 Å². The van der Waals surface area contributed by atoms with E-state index in [9.17, 15) is 9.59 Å². The van der Waals surface area contributed by atoms with Gasteiger partial charge in [0.25, 0.3) is 0 Å². The van der Waals surface area contributed by atoms with Crippen LogP contribution in [0.15, 0.2) is 23.1 Å². The number of hydrogen-bond donors (Lipinski definition) is 0. The first-order valence-electron chi connectivity index (χ1n) is 12.4. The topological polar surface area (TPSA) is 49.9 Å². The van der Waals surface area contributed by atoms with Gasteiger partial charge >= 0.3 is 0 Å². The average molecular weight is 459 g/mol. The Labute approximate surface area is 197 Å². The van der Waals surface area contributed by atoms with E-state index in [1.165, 1.54) is 23.3 Å². The van der Waals surface area contributed by atoms with E-state index in [-0.39, 0.29) is 17.2 Å². The van der Waals surface area contributed by atoms with Gasteiger partial charge in [0.15, 0.2) is 0 Å². The number of fused-ring (bicyclic) bond motifs is 1. The zero-order valence-corrected chi connectivity index (χ0v) is 20.6. The summed E-state index contributed by atoms with van der Waals surface area (Å²) >= 11 is 1.93. The third-order valence-electron chi connectivity index (χ3n) is 7.60. The van der Waals surface area contributed by atoms with Crippen LogP contribution >= 0.6 is 11.8 Å². The highest BCUT2D eigenvalue weighted by atomic mass is 32.2. The van der Waals surface area contributed by atoms with Gasteiger partial charge in [0.1, 0.15) is 5.75 Å². The molecule has 32 heavy (non-hydrogen) atoms. The normalized spacial score (nSPS) is 22.6. The number of ether oxygens (including phenoxy) is 1. The molecule has 1 aromatic rings. The number of rotatable bonds is 9. The van der Waals surface area contributed by atoms with Gasteiger partial charge in [-0.3, -0.25) is 19.4 Å². The zero-order valence-electron chi connectivity index (χ0n) is 19.7. The predicted molar refractivity (Wildman–Crippen MR) is 129 cm³/mol. The van der Waals surface area contributed by atoms with Crippen molar-refractivity contribution in [2.75, 3.05) is 32.5 Å². The minimum atomic E-state index is -0.00140. The Kier molecular flexibility index (Phi) is 7.83. The summed E-state index contributed by atoms with van der Waals surface area (Å²) in [6, 6.07) is 6.84. The molecule has 0 aromatic heterocycles. The fourth-order valence-corrected chi connectivity index (χ4v) is 7.13. The van der Waals surface area contributed by atoms with Crippen LogP contribution in [0.1, 0.15) is 70.3 Å². The molecule has 0 bridgehead atoms. The Morgan fingerprint density at radius 3 is 2.56 bits per heavy atom. The van der Waals surface area contributed by atoms with Crippen molar-refractivity contribution in [3.8, 4) is 5.75 Å². The Bertz CT molecular complexity index is 787. The second-order valence-electron chi connectivity index (χ2n) is 9.85. The van der Waals surface area contributed by atoms with Crippen LogP contribution < -0.4 is 4.74 Å². The molecule has 2 fully saturated rings. The maximum absolute atomic E-state index is 12.7. The van der Waals surface area contributed by atoms with E-state index >= 15 is 0 Å². The largest absolute Gasteiger partial charge is 0.496 e. The number of benzene rings is 1. The number of unbranched alkanes of at least 4 members (excludes halogenated alkanes) is 1. The molecule has 6 heteroatoms. The third-order valence-corrected chi connectivity index (χ3v) is 8.85. The van der Waals surface area contributed by atoms with Crippen LogP contribution in [0.2, 0.25) is 0 Å². The van der Waals surface area contributed by atoms with Crippen molar-refractivity contribution in [1.29, 1.82) is 0 Å². The number of amides is 2. The smallest absolute Gasteiger partial charge is 0.229 e. The molecule has 1 atom stereocenters. The molecule has 2 heterocycles. The summed E-state index contributed by atoms with van der Waals surface area (Å²) in [7, 11) is 1.76. The Morgan fingerprint density at radius 2 is 1.88 bits per heavy atom. The van der Waals surface area contributed by atoms with Crippen LogP contribution in [0, 0.1) is 5.41 Å². The molecule has 0 N–H and O–H groups in total. The molecule has 1 saturated carbocycles. The second-order valence-corrected chi connectivity index (χ2v) is 10.9. The Balaban J connectivity index is 1.28. The van der Waals surface area contributed by atoms with Gasteiger partial charge in [-0.1, -0.05) is 25.8 Å². The highest BCUT2D eigenvalue weighted by Crippen LogP contribution is 2.47. The van der Waals surface area contributed by atoms with Gasteiger partial charge in [-0.25, -0.2) is 0 Å². The number of imide groups is 1. The minimum absolute atomic E-state index is 0.00140. The molecule has 1 saturated heterocycles. The van der Waals surface area contributed by atoms with E-state index < -0.39 is 0 Å². The molecule has 3 aliphatic rings. The number of nitrogens with zero attached hydrogens (tertiary/aromatic N) is 2. The van der Waals surface area contributed by atoms with E-state index in [2.05, 4.69) is 30.0 Å². The van der Waals surface area contributed by atoms with Crippen molar-refractivity contribution in [2.24, 2.45) is 5.41 Å². The van der Waals surface area contributed by atoms with E-state index in [1.54, 1.807) is 12.0 Å². The van der Waals surface area contributed by atoms with Gasteiger partial charge in [-0.2, -0.15) is 0 Å². The Morgan fingerprint density at radius 1 is 1.12 bits per heavy atom. The molecule has 1 spiro atoms. The van der Waals surface area contributed by atoms with Crippen molar-refractivity contribution in [3.05, 3.63) is 23.8 Å². The molecular formula is C26H38N2O3S. The zero-order chi connectivity index (χ0) is 22.6. The Hall–Kier alpha value is -1.53. The summed E-state index contributed by atoms with van der Waals surface area (Å²) in [6.45, 7) is 4.93. The van der Waals surface area contributed by atoms with E-state index in [0.29, 0.717) is 25.4 Å². The standard InChI is InChI=1S/C26H38N2O3S/c1-3-13-27(20-16-21-22(31-2)9-8-10-23(21)32-19-20)14-6-7-15-28-24(29)17-26(18-25(28)30)11-4-5-12-26/h8-10,20H,3-7,11-19H2,1-2H3. The number of carbonyl (C=O) groups excluding carboxylic acids is 2. The summed E-state index contributed by atoms with van der Waals surface area (Å²) in [5.74, 6) is 2.24. The monoisotopic (exact) mass is 458 g/mol. The molecule has 1 unspecified atom stereocenters. The van der Waals surface area contributed by atoms with Crippen LogP contribution in [0.5, 0.6) is 5.75 Å². The summed E-state index contributed by atoms with van der Waals surface area (Å²) in [5, 5.41) is 0. The summed E-state index contributed by atoms with van der Waals surface area (Å²) in [5.41, 5.74) is 1.33. The molecule has 2 amide bonds. The SMILES string of the molecule is CCCN(CCCCN1C(=O)CC2(CCCC2)CC1=O)C1CSc2cccc(OC)c2C1. The van der Waals surface area contributed by atoms with Crippen LogP contribution in [0.4, 0.5) is 0 Å². The van der Waals surface area contributed by atoms with E-state index in [1.807, 2.05) is 11.8 Å². The van der Waals surface area contributed by atoms with Gasteiger partial charge in [0.05, 0.1) is 7.11 Å². The number of carbonyl (C=O) groups is 2. The molecular weight excluding hydrogens is 420 g/mol. The maximum Gasteiger partial charge on any atom is 0.229 e. The van der Waals surface area contributed by atoms with Crippen LogP contribution in [-0.4, -0.2) is 60.2 Å². The highest BCUT2D eigenvalue weighted by molar-refractivity contribution is 7.99. The van der Waals surface area contributed by atoms with Crippen LogP contribution in [0.25, 0.3) is 0 Å². The van der Waals surface area contributed by atoms with Gasteiger partial charge in [0.2, 0.25) is 11.8 Å². The first kappa shape index (κ1) is 23.6. The number of thioether (sulfide) groups is 1. The summed E-state index contributed by atoms with van der Waals surface area (Å²) in [4.78, 5) is 30.9. The lowest BCUT2D eigenvalue weighted by Crippen LogP contribution is -2.47. The quantitative estimate of drug-likeness (QED) is 0.389.